The molecule has 0 radical (unpaired) electrons. The summed E-state index contributed by atoms with van der Waals surface area (Å²) >= 11 is 0. The van der Waals surface area contributed by atoms with Crippen molar-refractivity contribution in [3.8, 4) is 5.75 Å². The van der Waals surface area contributed by atoms with Gasteiger partial charge in [-0.25, -0.2) is 0 Å². The standard InChI is InChI=1S/C17H29NO2/c1-5-15(6-2)14(4)18-11-16(19)12-20-17-9-7-13(3)8-10-17/h7-10,14-16,18-19H,5-6,11-12H2,1-4H3. The van der Waals surface area contributed by atoms with Crippen molar-refractivity contribution in [1.82, 2.24) is 5.32 Å². The van der Waals surface area contributed by atoms with Gasteiger partial charge in [0.05, 0.1) is 0 Å². The number of hydrogen-bond donors (Lipinski definition) is 2. The summed E-state index contributed by atoms with van der Waals surface area (Å²) in [6.07, 6.45) is 1.86. The highest BCUT2D eigenvalue weighted by Crippen LogP contribution is 2.13. The van der Waals surface area contributed by atoms with Gasteiger partial charge in [-0.15, -0.1) is 0 Å². The molecule has 114 valence electrons. The highest BCUT2D eigenvalue weighted by molar-refractivity contribution is 5.26. The summed E-state index contributed by atoms with van der Waals surface area (Å²) in [6, 6.07) is 8.31. The third kappa shape index (κ3) is 5.93. The van der Waals surface area contributed by atoms with Crippen molar-refractivity contribution >= 4 is 0 Å². The molecule has 0 aliphatic rings. The molecule has 0 aliphatic heterocycles. The van der Waals surface area contributed by atoms with Gasteiger partial charge >= 0.3 is 0 Å². The van der Waals surface area contributed by atoms with E-state index in [-0.39, 0.29) is 0 Å². The number of ether oxygens (including phenoxy) is 1. The Bertz CT molecular complexity index is 360. The molecule has 0 aromatic heterocycles. The third-order valence-corrected chi connectivity index (χ3v) is 3.89. The van der Waals surface area contributed by atoms with Crippen molar-refractivity contribution in [2.45, 2.75) is 52.7 Å². The minimum Gasteiger partial charge on any atom is -0.491 e. The lowest BCUT2D eigenvalue weighted by molar-refractivity contribution is 0.101. The quantitative estimate of drug-likeness (QED) is 0.729. The number of benzene rings is 1. The maximum atomic E-state index is 9.95. The van der Waals surface area contributed by atoms with Crippen molar-refractivity contribution in [3.63, 3.8) is 0 Å². The summed E-state index contributed by atoms with van der Waals surface area (Å²) in [5.41, 5.74) is 1.21. The monoisotopic (exact) mass is 279 g/mol. The van der Waals surface area contributed by atoms with Crippen LogP contribution in [0.5, 0.6) is 5.75 Å². The molecule has 20 heavy (non-hydrogen) atoms. The molecule has 2 atom stereocenters. The van der Waals surface area contributed by atoms with E-state index in [2.05, 4.69) is 26.1 Å². The average Bonchev–Trinajstić information content (AvgIpc) is 2.45. The van der Waals surface area contributed by atoms with Crippen LogP contribution in [0.3, 0.4) is 0 Å². The van der Waals surface area contributed by atoms with Crippen LogP contribution in [0.2, 0.25) is 0 Å². The summed E-state index contributed by atoms with van der Waals surface area (Å²) in [5.74, 6) is 1.47. The fourth-order valence-corrected chi connectivity index (χ4v) is 2.37. The predicted octanol–water partition coefficient (Wildman–Crippen LogP) is 3.15. The zero-order chi connectivity index (χ0) is 15.0. The first-order valence-electron chi connectivity index (χ1n) is 7.67. The summed E-state index contributed by atoms with van der Waals surface area (Å²) in [7, 11) is 0. The fraction of sp³-hybridized carbons (Fsp3) is 0.647. The Morgan fingerprint density at radius 1 is 1.15 bits per heavy atom. The molecule has 0 heterocycles. The van der Waals surface area contributed by atoms with E-state index in [1.54, 1.807) is 0 Å². The van der Waals surface area contributed by atoms with E-state index in [4.69, 9.17) is 4.74 Å². The second-order valence-electron chi connectivity index (χ2n) is 5.55. The second kappa shape index (κ2) is 8.98. The molecule has 1 aromatic carbocycles. The second-order valence-corrected chi connectivity index (χ2v) is 5.55. The Balaban J connectivity index is 2.26. The van der Waals surface area contributed by atoms with Gasteiger partial charge in [0.2, 0.25) is 0 Å². The molecule has 0 saturated carbocycles. The molecule has 1 rings (SSSR count). The van der Waals surface area contributed by atoms with Crippen molar-refractivity contribution in [1.29, 1.82) is 0 Å². The van der Waals surface area contributed by atoms with Crippen molar-refractivity contribution in [2.75, 3.05) is 13.2 Å². The molecule has 0 amide bonds. The fourth-order valence-electron chi connectivity index (χ4n) is 2.37. The summed E-state index contributed by atoms with van der Waals surface area (Å²) in [6.45, 7) is 9.55. The SMILES string of the molecule is CCC(CC)C(C)NCC(O)COc1ccc(C)cc1. The maximum absolute atomic E-state index is 9.95. The van der Waals surface area contributed by atoms with Crippen LogP contribution in [-0.4, -0.2) is 30.4 Å². The Labute approximate surface area is 123 Å². The van der Waals surface area contributed by atoms with Crippen LogP contribution in [0.4, 0.5) is 0 Å². The van der Waals surface area contributed by atoms with Crippen molar-refractivity contribution in [3.05, 3.63) is 29.8 Å². The number of rotatable bonds is 9. The van der Waals surface area contributed by atoms with Crippen molar-refractivity contribution < 1.29 is 9.84 Å². The lowest BCUT2D eigenvalue weighted by atomic mass is 9.95. The van der Waals surface area contributed by atoms with E-state index in [0.29, 0.717) is 25.1 Å². The van der Waals surface area contributed by atoms with Gasteiger partial charge in [-0.1, -0.05) is 44.4 Å². The first-order chi connectivity index (χ1) is 9.56. The molecule has 3 heteroatoms. The molecule has 2 N–H and O–H groups in total. The minimum atomic E-state index is -0.479. The van der Waals surface area contributed by atoms with Gasteiger partial charge in [0, 0.05) is 12.6 Å². The molecular weight excluding hydrogens is 250 g/mol. The number of hydrogen-bond acceptors (Lipinski definition) is 3. The number of aryl methyl sites for hydroxylation is 1. The van der Waals surface area contributed by atoms with Gasteiger partial charge < -0.3 is 15.2 Å². The van der Waals surface area contributed by atoms with Crippen LogP contribution in [0.1, 0.15) is 39.2 Å². The first kappa shape index (κ1) is 17.0. The normalized spacial score (nSPS) is 14.3. The van der Waals surface area contributed by atoms with Gasteiger partial charge in [0.1, 0.15) is 18.5 Å². The van der Waals surface area contributed by atoms with Crippen LogP contribution in [-0.2, 0) is 0 Å². The van der Waals surface area contributed by atoms with E-state index in [0.717, 1.165) is 5.75 Å². The van der Waals surface area contributed by atoms with Crippen molar-refractivity contribution in [2.24, 2.45) is 5.92 Å². The van der Waals surface area contributed by atoms with Crippen LogP contribution in [0.25, 0.3) is 0 Å². The van der Waals surface area contributed by atoms with Crippen LogP contribution in [0, 0.1) is 12.8 Å². The largest absolute Gasteiger partial charge is 0.491 e. The molecule has 2 unspecified atom stereocenters. The summed E-state index contributed by atoms with van der Waals surface area (Å²) in [4.78, 5) is 0. The predicted molar refractivity (Wildman–Crippen MR) is 84.2 cm³/mol. The number of aliphatic hydroxyl groups excluding tert-OH is 1. The molecule has 0 spiro atoms. The third-order valence-electron chi connectivity index (χ3n) is 3.89. The Kier molecular flexibility index (Phi) is 7.63. The van der Waals surface area contributed by atoms with E-state index in [9.17, 15) is 5.11 Å². The Morgan fingerprint density at radius 3 is 2.30 bits per heavy atom. The zero-order valence-corrected chi connectivity index (χ0v) is 13.2. The molecule has 0 fully saturated rings. The molecule has 3 nitrogen and oxygen atoms in total. The topological polar surface area (TPSA) is 41.5 Å². The van der Waals surface area contributed by atoms with Crippen LogP contribution in [0.15, 0.2) is 24.3 Å². The van der Waals surface area contributed by atoms with Gasteiger partial charge in [-0.05, 0) is 31.9 Å². The van der Waals surface area contributed by atoms with Gasteiger partial charge in [-0.3, -0.25) is 0 Å². The Hall–Kier alpha value is -1.06. The van der Waals surface area contributed by atoms with Gasteiger partial charge in [0.25, 0.3) is 0 Å². The maximum Gasteiger partial charge on any atom is 0.119 e. The van der Waals surface area contributed by atoms with Gasteiger partial charge in [0.15, 0.2) is 0 Å². The minimum absolute atomic E-state index is 0.325. The smallest absolute Gasteiger partial charge is 0.119 e. The summed E-state index contributed by atoms with van der Waals surface area (Å²) in [5, 5.41) is 13.4. The molecule has 1 aromatic rings. The van der Waals surface area contributed by atoms with Crippen LogP contribution < -0.4 is 10.1 Å². The summed E-state index contributed by atoms with van der Waals surface area (Å²) < 4.78 is 5.58. The van der Waals surface area contributed by atoms with Crippen LogP contribution >= 0.6 is 0 Å². The molecule has 0 saturated heterocycles. The lowest BCUT2D eigenvalue weighted by Crippen LogP contribution is -2.40. The highest BCUT2D eigenvalue weighted by Gasteiger charge is 2.14. The van der Waals surface area contributed by atoms with E-state index < -0.39 is 6.10 Å². The van der Waals surface area contributed by atoms with E-state index in [1.807, 2.05) is 31.2 Å². The van der Waals surface area contributed by atoms with Gasteiger partial charge in [-0.2, -0.15) is 0 Å². The highest BCUT2D eigenvalue weighted by atomic mass is 16.5. The van der Waals surface area contributed by atoms with E-state index in [1.165, 1.54) is 18.4 Å². The Morgan fingerprint density at radius 2 is 1.75 bits per heavy atom. The number of aliphatic hydroxyl groups is 1. The average molecular weight is 279 g/mol. The molecular formula is C17H29NO2. The molecule has 0 bridgehead atoms. The van der Waals surface area contributed by atoms with E-state index >= 15 is 0 Å². The first-order valence-corrected chi connectivity index (χ1v) is 7.67. The lowest BCUT2D eigenvalue weighted by Gasteiger charge is -2.24. The zero-order valence-electron chi connectivity index (χ0n) is 13.2. The molecule has 0 aliphatic carbocycles. The number of nitrogens with one attached hydrogen (secondary N) is 1.